The number of hydrogen-bond donors (Lipinski definition) is 2. The summed E-state index contributed by atoms with van der Waals surface area (Å²) < 4.78 is 0.842. The molecule has 0 spiro atoms. The van der Waals surface area contributed by atoms with Gasteiger partial charge in [-0.05, 0) is 25.7 Å². The average Bonchev–Trinajstić information content (AvgIpc) is 2.99. The first-order valence-electron chi connectivity index (χ1n) is 5.04. The summed E-state index contributed by atoms with van der Waals surface area (Å²) in [6, 6.07) is 0. The second-order valence-corrected chi connectivity index (χ2v) is 6.46. The molecule has 16 heavy (non-hydrogen) atoms. The van der Waals surface area contributed by atoms with Gasteiger partial charge in [-0.1, -0.05) is 23.1 Å². The molecule has 1 aliphatic rings. The summed E-state index contributed by atoms with van der Waals surface area (Å²) in [5, 5.41) is 8.81. The van der Waals surface area contributed by atoms with Crippen LogP contribution in [0.2, 0.25) is 0 Å². The maximum absolute atomic E-state index is 11.4. The fourth-order valence-corrected chi connectivity index (χ4v) is 3.54. The number of aryl methyl sites for hydroxylation is 1. The number of hydrogen-bond acceptors (Lipinski definition) is 6. The van der Waals surface area contributed by atoms with Gasteiger partial charge < -0.3 is 11.5 Å². The lowest BCUT2D eigenvalue weighted by atomic mass is 9.96. The number of rotatable bonds is 5. The lowest BCUT2D eigenvalue weighted by Crippen LogP contribution is -2.56. The first kappa shape index (κ1) is 11.8. The highest BCUT2D eigenvalue weighted by molar-refractivity contribution is 8.01. The van der Waals surface area contributed by atoms with Gasteiger partial charge in [0.05, 0.1) is 0 Å². The third-order valence-corrected chi connectivity index (χ3v) is 4.89. The first-order valence-corrected chi connectivity index (χ1v) is 6.84. The highest BCUT2D eigenvalue weighted by atomic mass is 32.2. The Kier molecular flexibility index (Phi) is 3.18. The minimum Gasteiger partial charge on any atom is -0.368 e. The quantitative estimate of drug-likeness (QED) is 0.751. The Morgan fingerprint density at radius 3 is 2.75 bits per heavy atom. The maximum Gasteiger partial charge on any atom is 0.238 e. The van der Waals surface area contributed by atoms with E-state index in [0.29, 0.717) is 5.75 Å². The molecule has 1 saturated carbocycles. The van der Waals surface area contributed by atoms with Crippen LogP contribution < -0.4 is 11.5 Å². The number of carbonyl (C=O) groups excluding carboxylic acids is 1. The summed E-state index contributed by atoms with van der Waals surface area (Å²) in [5.41, 5.74) is 10.5. The highest BCUT2D eigenvalue weighted by Crippen LogP contribution is 2.41. The lowest BCUT2D eigenvalue weighted by Gasteiger charge is -2.24. The molecule has 1 aromatic heterocycles. The van der Waals surface area contributed by atoms with Gasteiger partial charge in [-0.25, -0.2) is 0 Å². The molecule has 0 saturated heterocycles. The molecule has 2 rings (SSSR count). The van der Waals surface area contributed by atoms with E-state index in [1.165, 1.54) is 23.1 Å². The Labute approximate surface area is 102 Å². The van der Waals surface area contributed by atoms with Gasteiger partial charge in [-0.2, -0.15) is 0 Å². The molecule has 0 aliphatic heterocycles. The Morgan fingerprint density at radius 1 is 1.62 bits per heavy atom. The molecule has 88 valence electrons. The van der Waals surface area contributed by atoms with Crippen molar-refractivity contribution < 1.29 is 4.79 Å². The van der Waals surface area contributed by atoms with Crippen molar-refractivity contribution in [2.24, 2.45) is 17.4 Å². The van der Waals surface area contributed by atoms with Crippen LogP contribution in [0.15, 0.2) is 4.34 Å². The third kappa shape index (κ3) is 2.36. The number of nitrogens with two attached hydrogens (primary N) is 2. The Hall–Kier alpha value is -0.660. The van der Waals surface area contributed by atoms with E-state index in [-0.39, 0.29) is 5.92 Å². The zero-order valence-corrected chi connectivity index (χ0v) is 10.6. The maximum atomic E-state index is 11.4. The van der Waals surface area contributed by atoms with E-state index in [0.717, 1.165) is 22.2 Å². The van der Waals surface area contributed by atoms with Gasteiger partial charge in [0.25, 0.3) is 0 Å². The Morgan fingerprint density at radius 2 is 2.31 bits per heavy atom. The largest absolute Gasteiger partial charge is 0.368 e. The van der Waals surface area contributed by atoms with Gasteiger partial charge in [0, 0.05) is 5.75 Å². The predicted octanol–water partition coefficient (Wildman–Crippen LogP) is 0.531. The molecule has 1 heterocycles. The molecule has 1 amide bonds. The Bertz CT molecular complexity index is 404. The summed E-state index contributed by atoms with van der Waals surface area (Å²) in [5.74, 6) is 0.317. The molecular weight excluding hydrogens is 244 g/mol. The zero-order chi connectivity index (χ0) is 11.8. The van der Waals surface area contributed by atoms with E-state index < -0.39 is 11.4 Å². The minimum atomic E-state index is -0.885. The summed E-state index contributed by atoms with van der Waals surface area (Å²) >= 11 is 2.97. The van der Waals surface area contributed by atoms with Crippen molar-refractivity contribution >= 4 is 29.0 Å². The van der Waals surface area contributed by atoms with Crippen LogP contribution in [0.25, 0.3) is 0 Å². The molecule has 7 heteroatoms. The number of primary amides is 1. The number of nitrogens with zero attached hydrogens (tertiary/aromatic N) is 2. The molecule has 0 radical (unpaired) electrons. The van der Waals surface area contributed by atoms with Crippen molar-refractivity contribution in [3.63, 3.8) is 0 Å². The molecule has 1 unspecified atom stereocenters. The van der Waals surface area contributed by atoms with Crippen LogP contribution in [0, 0.1) is 12.8 Å². The first-order chi connectivity index (χ1) is 7.52. The van der Waals surface area contributed by atoms with Gasteiger partial charge in [-0.15, -0.1) is 10.2 Å². The fourth-order valence-electron chi connectivity index (χ4n) is 1.51. The van der Waals surface area contributed by atoms with Gasteiger partial charge >= 0.3 is 0 Å². The van der Waals surface area contributed by atoms with Crippen molar-refractivity contribution in [1.82, 2.24) is 10.2 Å². The molecule has 0 bridgehead atoms. The zero-order valence-electron chi connectivity index (χ0n) is 8.97. The van der Waals surface area contributed by atoms with E-state index in [4.69, 9.17) is 11.5 Å². The summed E-state index contributed by atoms with van der Waals surface area (Å²) in [6.45, 7) is 1.90. The van der Waals surface area contributed by atoms with Crippen LogP contribution in [0.1, 0.15) is 17.8 Å². The SMILES string of the molecule is Cc1nnc(SCC(N)(C(N)=O)C2CC2)s1. The summed E-state index contributed by atoms with van der Waals surface area (Å²) in [7, 11) is 0. The molecule has 1 aliphatic carbocycles. The van der Waals surface area contributed by atoms with Crippen LogP contribution in [-0.2, 0) is 4.79 Å². The fraction of sp³-hybridized carbons (Fsp3) is 0.667. The van der Waals surface area contributed by atoms with Crippen molar-refractivity contribution in [3.8, 4) is 0 Å². The number of amides is 1. The number of carbonyl (C=O) groups is 1. The van der Waals surface area contributed by atoms with Crippen LogP contribution in [0.3, 0.4) is 0 Å². The number of thioether (sulfide) groups is 1. The third-order valence-electron chi connectivity index (χ3n) is 2.71. The van der Waals surface area contributed by atoms with Crippen molar-refractivity contribution in [1.29, 1.82) is 0 Å². The average molecular weight is 258 g/mol. The van der Waals surface area contributed by atoms with E-state index in [1.807, 2.05) is 6.92 Å². The smallest absolute Gasteiger partial charge is 0.238 e. The van der Waals surface area contributed by atoms with Gasteiger partial charge in [0.15, 0.2) is 4.34 Å². The lowest BCUT2D eigenvalue weighted by molar-refractivity contribution is -0.123. The molecule has 0 aromatic carbocycles. The highest BCUT2D eigenvalue weighted by Gasteiger charge is 2.46. The van der Waals surface area contributed by atoms with Crippen LogP contribution in [0.5, 0.6) is 0 Å². The van der Waals surface area contributed by atoms with Crippen molar-refractivity contribution in [2.45, 2.75) is 29.6 Å². The number of aromatic nitrogens is 2. The summed E-state index contributed by atoms with van der Waals surface area (Å²) in [4.78, 5) is 11.4. The van der Waals surface area contributed by atoms with Crippen molar-refractivity contribution in [2.75, 3.05) is 5.75 Å². The van der Waals surface area contributed by atoms with Gasteiger partial charge in [0.1, 0.15) is 10.5 Å². The van der Waals surface area contributed by atoms with E-state index in [1.54, 1.807) is 0 Å². The standard InChI is InChI=1S/C9H14N4OS2/c1-5-12-13-8(16-5)15-4-9(11,7(10)14)6-2-3-6/h6H,2-4,11H2,1H3,(H2,10,14). The molecule has 1 aromatic rings. The summed E-state index contributed by atoms with van der Waals surface area (Å²) in [6.07, 6.45) is 1.99. The van der Waals surface area contributed by atoms with Gasteiger partial charge in [-0.3, -0.25) is 4.79 Å². The second-order valence-electron chi connectivity index (χ2n) is 4.05. The monoisotopic (exact) mass is 258 g/mol. The molecule has 5 nitrogen and oxygen atoms in total. The van der Waals surface area contributed by atoms with Crippen LogP contribution >= 0.6 is 23.1 Å². The second kappa shape index (κ2) is 4.31. The van der Waals surface area contributed by atoms with Gasteiger partial charge in [0.2, 0.25) is 5.91 Å². The van der Waals surface area contributed by atoms with E-state index in [9.17, 15) is 4.79 Å². The van der Waals surface area contributed by atoms with Crippen LogP contribution in [0.4, 0.5) is 0 Å². The van der Waals surface area contributed by atoms with Crippen LogP contribution in [-0.4, -0.2) is 27.4 Å². The molecular formula is C9H14N4OS2. The molecule has 4 N–H and O–H groups in total. The van der Waals surface area contributed by atoms with E-state index >= 15 is 0 Å². The molecule has 1 atom stereocenters. The Balaban J connectivity index is 1.99. The van der Waals surface area contributed by atoms with Crippen molar-refractivity contribution in [3.05, 3.63) is 5.01 Å². The normalized spacial score (nSPS) is 19.4. The molecule has 1 fully saturated rings. The predicted molar refractivity (Wildman–Crippen MR) is 64.2 cm³/mol. The minimum absolute atomic E-state index is 0.242. The topological polar surface area (TPSA) is 94.9 Å². The van der Waals surface area contributed by atoms with E-state index in [2.05, 4.69) is 10.2 Å².